The number of carbonyl (C=O) groups excluding carboxylic acids is 1. The second-order valence-corrected chi connectivity index (χ2v) is 7.45. The van der Waals surface area contributed by atoms with Gasteiger partial charge in [0.1, 0.15) is 11.0 Å². The molecule has 22 heavy (non-hydrogen) atoms. The lowest BCUT2D eigenvalue weighted by Crippen LogP contribution is -2.58. The van der Waals surface area contributed by atoms with Gasteiger partial charge in [0.15, 0.2) is 4.87 Å². The summed E-state index contributed by atoms with van der Waals surface area (Å²) >= 11 is 26.4. The van der Waals surface area contributed by atoms with Gasteiger partial charge >= 0.3 is 5.97 Å². The van der Waals surface area contributed by atoms with Crippen molar-refractivity contribution in [3.05, 3.63) is 10.1 Å². The Labute approximate surface area is 149 Å². The Morgan fingerprint density at radius 1 is 1.14 bits per heavy atom. The number of esters is 1. The smallest absolute Gasteiger partial charge is 0.302 e. The summed E-state index contributed by atoms with van der Waals surface area (Å²) in [6.07, 6.45) is 0.596. The van der Waals surface area contributed by atoms with Gasteiger partial charge in [0, 0.05) is 27.1 Å². The van der Waals surface area contributed by atoms with Crippen LogP contribution in [0, 0.1) is 5.92 Å². The van der Waals surface area contributed by atoms with Crippen molar-refractivity contribution >= 4 is 52.4 Å². The number of halogens is 4. The molecule has 1 saturated carbocycles. The molecule has 0 amide bonds. The minimum atomic E-state index is -1.53. The monoisotopic (exact) mass is 390 g/mol. The quantitative estimate of drug-likeness (QED) is 0.403. The molecule has 0 aromatic heterocycles. The highest BCUT2D eigenvalue weighted by Crippen LogP contribution is 2.72. The molecule has 126 valence electrons. The first kappa shape index (κ1) is 18.6. The number of ether oxygens (including phenoxy) is 3. The molecule has 2 aliphatic carbocycles. The first-order chi connectivity index (χ1) is 10.2. The zero-order valence-electron chi connectivity index (χ0n) is 12.7. The van der Waals surface area contributed by atoms with Crippen molar-refractivity contribution in [2.45, 2.75) is 48.3 Å². The SMILES string of the molecule is CCC[C@@H]1[C@H](OC(C)=O)[C@]2(Cl)C(Cl)=C(Cl)C1(Cl)C2(OC)OC. The van der Waals surface area contributed by atoms with Crippen molar-refractivity contribution in [2.24, 2.45) is 5.92 Å². The Morgan fingerprint density at radius 2 is 1.64 bits per heavy atom. The predicted octanol–water partition coefficient (Wildman–Crippen LogP) is 4.00. The highest BCUT2D eigenvalue weighted by Gasteiger charge is 2.85. The van der Waals surface area contributed by atoms with Crippen LogP contribution in [-0.4, -0.2) is 41.8 Å². The highest BCUT2D eigenvalue weighted by molar-refractivity contribution is 6.52. The van der Waals surface area contributed by atoms with Crippen LogP contribution < -0.4 is 0 Å². The molecule has 0 spiro atoms. The molecule has 0 saturated heterocycles. The molecule has 0 aromatic carbocycles. The topological polar surface area (TPSA) is 44.8 Å². The molecule has 8 heteroatoms. The maximum absolute atomic E-state index is 11.6. The fourth-order valence-electron chi connectivity index (χ4n) is 3.76. The molecule has 0 aliphatic heterocycles. The van der Waals surface area contributed by atoms with Crippen molar-refractivity contribution < 1.29 is 19.0 Å². The van der Waals surface area contributed by atoms with Crippen molar-refractivity contribution in [3.8, 4) is 0 Å². The number of methoxy groups -OCH3 is 2. The lowest BCUT2D eigenvalue weighted by atomic mass is 9.85. The average Bonchev–Trinajstić information content (AvgIpc) is 2.70. The van der Waals surface area contributed by atoms with Gasteiger partial charge in [-0.2, -0.15) is 0 Å². The summed E-state index contributed by atoms with van der Waals surface area (Å²) in [6, 6.07) is 0. The minimum absolute atomic E-state index is 0.0909. The van der Waals surface area contributed by atoms with E-state index in [0.717, 1.165) is 6.42 Å². The van der Waals surface area contributed by atoms with Crippen LogP contribution in [-0.2, 0) is 19.0 Å². The van der Waals surface area contributed by atoms with Crippen LogP contribution in [0.3, 0.4) is 0 Å². The molecule has 0 aromatic rings. The van der Waals surface area contributed by atoms with E-state index in [1.165, 1.54) is 21.1 Å². The van der Waals surface area contributed by atoms with Crippen molar-refractivity contribution in [3.63, 3.8) is 0 Å². The number of hydrogen-bond acceptors (Lipinski definition) is 4. The summed E-state index contributed by atoms with van der Waals surface area (Å²) in [5.41, 5.74) is 0. The largest absolute Gasteiger partial charge is 0.460 e. The van der Waals surface area contributed by atoms with Crippen LogP contribution in [0.5, 0.6) is 0 Å². The van der Waals surface area contributed by atoms with Crippen LogP contribution in [0.15, 0.2) is 10.1 Å². The van der Waals surface area contributed by atoms with Gasteiger partial charge in [0.05, 0.1) is 10.1 Å². The number of rotatable bonds is 5. The molecule has 4 nitrogen and oxygen atoms in total. The normalized spacial score (nSPS) is 39.5. The van der Waals surface area contributed by atoms with E-state index >= 15 is 0 Å². The van der Waals surface area contributed by atoms with Gasteiger partial charge in [0.25, 0.3) is 0 Å². The standard InChI is InChI=1S/C14H18Cl4O4/c1-5-6-8-11(22-7(2)19)13(18)10(16)9(15)12(8,17)14(13,20-3)21-4/h8,11H,5-6H2,1-4H3/t8-,11+,12?,13-/m1/s1. The first-order valence-corrected chi connectivity index (χ1v) is 8.41. The van der Waals surface area contributed by atoms with E-state index in [1.807, 2.05) is 6.92 Å². The van der Waals surface area contributed by atoms with E-state index in [1.54, 1.807) is 0 Å². The summed E-state index contributed by atoms with van der Waals surface area (Å²) in [6.45, 7) is 3.29. The summed E-state index contributed by atoms with van der Waals surface area (Å²) in [4.78, 5) is 8.73. The highest BCUT2D eigenvalue weighted by atomic mass is 35.5. The lowest BCUT2D eigenvalue weighted by Gasteiger charge is -2.40. The molecular weight excluding hydrogens is 374 g/mol. The molecule has 1 fully saturated rings. The molecule has 0 radical (unpaired) electrons. The zero-order chi connectivity index (χ0) is 16.9. The van der Waals surface area contributed by atoms with Gasteiger partial charge in [-0.3, -0.25) is 4.79 Å². The Balaban J connectivity index is 2.72. The Kier molecular flexibility index (Phi) is 5.06. The second-order valence-electron chi connectivity index (χ2n) is 5.50. The number of hydrogen-bond donors (Lipinski definition) is 0. The molecular formula is C14H18Cl4O4. The summed E-state index contributed by atoms with van der Waals surface area (Å²) < 4.78 is 16.6. The molecule has 2 bridgehead atoms. The van der Waals surface area contributed by atoms with Crippen LogP contribution in [0.25, 0.3) is 0 Å². The van der Waals surface area contributed by atoms with Crippen LogP contribution in [0.4, 0.5) is 0 Å². The zero-order valence-corrected chi connectivity index (χ0v) is 15.7. The van der Waals surface area contributed by atoms with Crippen LogP contribution in [0.1, 0.15) is 26.7 Å². The third kappa shape index (κ3) is 1.88. The Bertz CT molecular complexity index is 519. The van der Waals surface area contributed by atoms with E-state index in [9.17, 15) is 4.79 Å². The third-order valence-corrected chi connectivity index (χ3v) is 7.16. The molecule has 2 rings (SSSR count). The second kappa shape index (κ2) is 5.98. The van der Waals surface area contributed by atoms with E-state index in [2.05, 4.69) is 0 Å². The summed E-state index contributed by atoms with van der Waals surface area (Å²) in [7, 11) is 2.83. The van der Waals surface area contributed by atoms with Crippen LogP contribution >= 0.6 is 46.4 Å². The number of alkyl halides is 2. The average molecular weight is 392 g/mol. The maximum Gasteiger partial charge on any atom is 0.302 e. The van der Waals surface area contributed by atoms with Gasteiger partial charge in [-0.1, -0.05) is 36.5 Å². The predicted molar refractivity (Wildman–Crippen MR) is 86.6 cm³/mol. The fraction of sp³-hybridized carbons (Fsp3) is 0.786. The Morgan fingerprint density at radius 3 is 2.05 bits per heavy atom. The maximum atomic E-state index is 11.6. The molecule has 0 heterocycles. The fourth-order valence-corrected chi connectivity index (χ4v) is 5.91. The molecule has 2 aliphatic rings. The third-order valence-electron chi connectivity index (χ3n) is 4.53. The van der Waals surface area contributed by atoms with Gasteiger partial charge < -0.3 is 14.2 Å². The van der Waals surface area contributed by atoms with Gasteiger partial charge in [0.2, 0.25) is 5.79 Å². The minimum Gasteiger partial charge on any atom is -0.460 e. The van der Waals surface area contributed by atoms with E-state index in [0.29, 0.717) is 6.42 Å². The first-order valence-electron chi connectivity index (χ1n) is 6.90. The molecule has 4 atom stereocenters. The van der Waals surface area contributed by atoms with Gasteiger partial charge in [-0.25, -0.2) is 0 Å². The summed E-state index contributed by atoms with van der Waals surface area (Å²) in [5.74, 6) is -2.41. The van der Waals surface area contributed by atoms with E-state index < -0.39 is 33.5 Å². The molecule has 0 N–H and O–H groups in total. The molecule has 1 unspecified atom stereocenters. The Hall–Kier alpha value is 0.290. The van der Waals surface area contributed by atoms with E-state index in [-0.39, 0.29) is 10.1 Å². The number of carbonyl (C=O) groups is 1. The number of fused-ring (bicyclic) bond motifs is 2. The van der Waals surface area contributed by atoms with Crippen molar-refractivity contribution in [1.82, 2.24) is 0 Å². The lowest BCUT2D eigenvalue weighted by molar-refractivity contribution is -0.223. The van der Waals surface area contributed by atoms with E-state index in [4.69, 9.17) is 60.6 Å². The van der Waals surface area contributed by atoms with Gasteiger partial charge in [-0.05, 0) is 6.42 Å². The van der Waals surface area contributed by atoms with Crippen LogP contribution in [0.2, 0.25) is 0 Å². The summed E-state index contributed by atoms with van der Waals surface area (Å²) in [5, 5.41) is 0.268. The van der Waals surface area contributed by atoms with Crippen molar-refractivity contribution in [1.29, 1.82) is 0 Å². The van der Waals surface area contributed by atoms with Crippen molar-refractivity contribution in [2.75, 3.05) is 14.2 Å². The van der Waals surface area contributed by atoms with Gasteiger partial charge in [-0.15, -0.1) is 23.2 Å².